The summed E-state index contributed by atoms with van der Waals surface area (Å²) < 4.78 is 15.0. The lowest BCUT2D eigenvalue weighted by Crippen LogP contribution is -2.13. The summed E-state index contributed by atoms with van der Waals surface area (Å²) in [7, 11) is 0. The standard InChI is InChI=1S/C27H26ClF/c1-2-3-19-4-9-21(10-5-19)23-14-17-26-24(18-23)13-12-22(27(26)29)11-6-20-7-15-25(28)16-8-20/h7-8,12-19,21H,2-5,9-10H2,1H3. The summed E-state index contributed by atoms with van der Waals surface area (Å²) >= 11 is 5.90. The smallest absolute Gasteiger partial charge is 0.146 e. The van der Waals surface area contributed by atoms with Gasteiger partial charge in [0, 0.05) is 16.0 Å². The van der Waals surface area contributed by atoms with Crippen LogP contribution in [0.1, 0.15) is 68.1 Å². The highest BCUT2D eigenvalue weighted by Crippen LogP contribution is 2.38. The van der Waals surface area contributed by atoms with E-state index < -0.39 is 0 Å². The zero-order chi connectivity index (χ0) is 20.2. The maximum atomic E-state index is 15.0. The topological polar surface area (TPSA) is 0 Å². The molecule has 3 aromatic rings. The molecule has 0 radical (unpaired) electrons. The van der Waals surface area contributed by atoms with E-state index in [1.807, 2.05) is 24.3 Å². The van der Waals surface area contributed by atoms with Gasteiger partial charge >= 0.3 is 0 Å². The molecule has 0 amide bonds. The predicted molar refractivity (Wildman–Crippen MR) is 121 cm³/mol. The Bertz CT molecular complexity index is 1050. The van der Waals surface area contributed by atoms with Crippen molar-refractivity contribution < 1.29 is 4.39 Å². The Morgan fingerprint density at radius 2 is 1.69 bits per heavy atom. The first-order chi connectivity index (χ1) is 14.1. The highest BCUT2D eigenvalue weighted by molar-refractivity contribution is 6.30. The number of hydrogen-bond donors (Lipinski definition) is 0. The van der Waals surface area contributed by atoms with Crippen LogP contribution in [0.3, 0.4) is 0 Å². The maximum absolute atomic E-state index is 15.0. The molecule has 0 spiro atoms. The Morgan fingerprint density at radius 3 is 2.41 bits per heavy atom. The molecule has 3 aromatic carbocycles. The summed E-state index contributed by atoms with van der Waals surface area (Å²) in [5, 5.41) is 2.28. The molecule has 0 bridgehead atoms. The minimum atomic E-state index is -0.234. The number of fused-ring (bicyclic) bond motifs is 1. The first-order valence-electron chi connectivity index (χ1n) is 10.6. The van der Waals surface area contributed by atoms with Gasteiger partial charge in [0.1, 0.15) is 5.82 Å². The molecule has 29 heavy (non-hydrogen) atoms. The van der Waals surface area contributed by atoms with Gasteiger partial charge in [-0.15, -0.1) is 0 Å². The molecule has 0 aromatic heterocycles. The highest BCUT2D eigenvalue weighted by Gasteiger charge is 2.22. The summed E-state index contributed by atoms with van der Waals surface area (Å²) in [6.07, 6.45) is 7.80. The third-order valence-electron chi connectivity index (χ3n) is 6.18. The van der Waals surface area contributed by atoms with E-state index in [1.165, 1.54) is 44.1 Å². The molecule has 0 saturated heterocycles. The van der Waals surface area contributed by atoms with Gasteiger partial charge in [0.15, 0.2) is 0 Å². The van der Waals surface area contributed by atoms with E-state index in [2.05, 4.69) is 30.9 Å². The molecule has 0 unspecified atom stereocenters. The van der Waals surface area contributed by atoms with E-state index >= 15 is 4.39 Å². The molecule has 0 atom stereocenters. The van der Waals surface area contributed by atoms with Crippen molar-refractivity contribution in [2.75, 3.05) is 0 Å². The second kappa shape index (κ2) is 9.02. The third kappa shape index (κ3) is 4.65. The van der Waals surface area contributed by atoms with Crippen LogP contribution in [-0.2, 0) is 0 Å². The lowest BCUT2D eigenvalue weighted by atomic mass is 9.77. The summed E-state index contributed by atoms with van der Waals surface area (Å²) in [6.45, 7) is 2.28. The van der Waals surface area contributed by atoms with Crippen LogP contribution in [0.2, 0.25) is 5.02 Å². The van der Waals surface area contributed by atoms with Crippen molar-refractivity contribution in [2.24, 2.45) is 5.92 Å². The molecule has 0 N–H and O–H groups in total. The molecule has 4 rings (SSSR count). The second-order valence-electron chi connectivity index (χ2n) is 8.17. The lowest BCUT2D eigenvalue weighted by molar-refractivity contribution is 0.308. The second-order valence-corrected chi connectivity index (χ2v) is 8.61. The van der Waals surface area contributed by atoms with Crippen molar-refractivity contribution in [1.82, 2.24) is 0 Å². The highest BCUT2D eigenvalue weighted by atomic mass is 35.5. The average molecular weight is 405 g/mol. The van der Waals surface area contributed by atoms with Crippen LogP contribution in [0.5, 0.6) is 0 Å². The molecule has 0 aliphatic heterocycles. The summed E-state index contributed by atoms with van der Waals surface area (Å²) in [6, 6.07) is 17.3. The van der Waals surface area contributed by atoms with Crippen LogP contribution in [0.4, 0.5) is 4.39 Å². The van der Waals surface area contributed by atoms with Crippen molar-refractivity contribution in [3.05, 3.63) is 82.1 Å². The zero-order valence-electron chi connectivity index (χ0n) is 16.8. The first-order valence-corrected chi connectivity index (χ1v) is 11.0. The molecule has 1 saturated carbocycles. The average Bonchev–Trinajstić information content (AvgIpc) is 2.75. The largest absolute Gasteiger partial charge is 0.205 e. The van der Waals surface area contributed by atoms with Gasteiger partial charge in [-0.25, -0.2) is 4.39 Å². The Balaban J connectivity index is 1.55. The van der Waals surface area contributed by atoms with Crippen molar-refractivity contribution >= 4 is 22.4 Å². The van der Waals surface area contributed by atoms with Gasteiger partial charge in [-0.3, -0.25) is 0 Å². The SMILES string of the molecule is CCCC1CCC(c2ccc3c(F)c(C#Cc4ccc(Cl)cc4)ccc3c2)CC1. The molecule has 0 heterocycles. The van der Waals surface area contributed by atoms with Gasteiger partial charge in [-0.05, 0) is 78.8 Å². The monoisotopic (exact) mass is 404 g/mol. The molecule has 1 aliphatic rings. The zero-order valence-corrected chi connectivity index (χ0v) is 17.6. The maximum Gasteiger partial charge on any atom is 0.146 e. The van der Waals surface area contributed by atoms with E-state index in [9.17, 15) is 0 Å². The lowest BCUT2D eigenvalue weighted by Gasteiger charge is -2.28. The van der Waals surface area contributed by atoms with E-state index in [0.29, 0.717) is 21.9 Å². The van der Waals surface area contributed by atoms with Crippen LogP contribution >= 0.6 is 11.6 Å². The number of benzene rings is 3. The summed E-state index contributed by atoms with van der Waals surface area (Å²) in [5.74, 6) is 7.27. The molecule has 148 valence electrons. The molecule has 1 aliphatic carbocycles. The van der Waals surface area contributed by atoms with Gasteiger partial charge in [-0.1, -0.05) is 67.5 Å². The fourth-order valence-corrected chi connectivity index (χ4v) is 4.65. The van der Waals surface area contributed by atoms with E-state index in [1.54, 1.807) is 18.2 Å². The summed E-state index contributed by atoms with van der Waals surface area (Å²) in [5.41, 5.74) is 2.61. The summed E-state index contributed by atoms with van der Waals surface area (Å²) in [4.78, 5) is 0. The van der Waals surface area contributed by atoms with E-state index in [0.717, 1.165) is 16.9 Å². The van der Waals surface area contributed by atoms with E-state index in [4.69, 9.17) is 11.6 Å². The van der Waals surface area contributed by atoms with Crippen LogP contribution in [-0.4, -0.2) is 0 Å². The van der Waals surface area contributed by atoms with E-state index in [-0.39, 0.29) is 5.82 Å². The van der Waals surface area contributed by atoms with Crippen LogP contribution in [0, 0.1) is 23.6 Å². The minimum absolute atomic E-state index is 0.234. The van der Waals surface area contributed by atoms with Gasteiger partial charge in [0.25, 0.3) is 0 Å². The van der Waals surface area contributed by atoms with Gasteiger partial charge in [-0.2, -0.15) is 0 Å². The predicted octanol–water partition coefficient (Wildman–Crippen LogP) is 8.11. The van der Waals surface area contributed by atoms with Gasteiger partial charge in [0.05, 0.1) is 5.56 Å². The van der Waals surface area contributed by atoms with Crippen LogP contribution in [0.25, 0.3) is 10.8 Å². The third-order valence-corrected chi connectivity index (χ3v) is 6.43. The Morgan fingerprint density at radius 1 is 0.931 bits per heavy atom. The number of hydrogen-bond acceptors (Lipinski definition) is 0. The molecule has 1 fully saturated rings. The van der Waals surface area contributed by atoms with Crippen molar-refractivity contribution in [2.45, 2.75) is 51.4 Å². The Labute approximate surface area is 178 Å². The van der Waals surface area contributed by atoms with Crippen molar-refractivity contribution in [1.29, 1.82) is 0 Å². The quantitative estimate of drug-likeness (QED) is 0.387. The van der Waals surface area contributed by atoms with Crippen molar-refractivity contribution in [3.8, 4) is 11.8 Å². The number of rotatable bonds is 3. The number of halogens is 2. The molecular weight excluding hydrogens is 379 g/mol. The fraction of sp³-hybridized carbons (Fsp3) is 0.333. The van der Waals surface area contributed by atoms with Gasteiger partial charge < -0.3 is 0 Å². The van der Waals surface area contributed by atoms with Crippen LogP contribution in [0.15, 0.2) is 54.6 Å². The fourth-order valence-electron chi connectivity index (χ4n) is 4.53. The minimum Gasteiger partial charge on any atom is -0.205 e. The van der Waals surface area contributed by atoms with Gasteiger partial charge in [0.2, 0.25) is 0 Å². The molecule has 2 heteroatoms. The Kier molecular flexibility index (Phi) is 6.22. The molecule has 0 nitrogen and oxygen atoms in total. The van der Waals surface area contributed by atoms with Crippen molar-refractivity contribution in [3.63, 3.8) is 0 Å². The normalized spacial score (nSPS) is 19.0. The van der Waals surface area contributed by atoms with Crippen LogP contribution < -0.4 is 0 Å². The first kappa shape index (κ1) is 20.0. The Hall–Kier alpha value is -2.30. The molecular formula is C27H26ClF.